The van der Waals surface area contributed by atoms with Crippen molar-refractivity contribution < 1.29 is 17.5 Å². The van der Waals surface area contributed by atoms with E-state index in [0.717, 1.165) is 30.4 Å². The Labute approximate surface area is 180 Å². The van der Waals surface area contributed by atoms with Crippen LogP contribution in [-0.4, -0.2) is 20.8 Å². The van der Waals surface area contributed by atoms with E-state index in [1.807, 2.05) is 19.1 Å². The molecular formula is C25H33FO3S. The summed E-state index contributed by atoms with van der Waals surface area (Å²) in [5, 5.41) is 0. The molecule has 0 heterocycles. The summed E-state index contributed by atoms with van der Waals surface area (Å²) in [6.45, 7) is 8.97. The van der Waals surface area contributed by atoms with Gasteiger partial charge in [0.1, 0.15) is 0 Å². The summed E-state index contributed by atoms with van der Waals surface area (Å²) in [6, 6.07) is 12.0. The zero-order chi connectivity index (χ0) is 21.9. The van der Waals surface area contributed by atoms with Crippen molar-refractivity contribution in [2.45, 2.75) is 64.2 Å². The monoisotopic (exact) mass is 432 g/mol. The molecule has 1 saturated carbocycles. The van der Waals surface area contributed by atoms with Gasteiger partial charge in [-0.25, -0.2) is 12.8 Å². The Bertz CT molecular complexity index is 955. The van der Waals surface area contributed by atoms with Gasteiger partial charge in [0.15, 0.2) is 21.4 Å². The highest BCUT2D eigenvalue weighted by molar-refractivity contribution is 7.91. The first-order valence-electron chi connectivity index (χ1n) is 10.8. The first-order valence-corrected chi connectivity index (χ1v) is 12.5. The lowest BCUT2D eigenvalue weighted by Gasteiger charge is -2.19. The van der Waals surface area contributed by atoms with Gasteiger partial charge in [0, 0.05) is 0 Å². The number of halogens is 1. The van der Waals surface area contributed by atoms with Crippen LogP contribution in [-0.2, 0) is 16.3 Å². The number of hydrogen-bond donors (Lipinski definition) is 0. The maximum Gasteiger partial charge on any atom is 0.178 e. The van der Waals surface area contributed by atoms with Gasteiger partial charge in [-0.3, -0.25) is 0 Å². The molecule has 0 saturated heterocycles. The van der Waals surface area contributed by atoms with E-state index in [4.69, 9.17) is 4.74 Å². The molecule has 3 nitrogen and oxygen atoms in total. The summed E-state index contributed by atoms with van der Waals surface area (Å²) < 4.78 is 45.8. The summed E-state index contributed by atoms with van der Waals surface area (Å²) in [4.78, 5) is 0.339. The van der Waals surface area contributed by atoms with Crippen LogP contribution in [0.15, 0.2) is 47.4 Å². The highest BCUT2D eigenvalue weighted by atomic mass is 32.2. The third kappa shape index (κ3) is 6.31. The molecule has 2 aromatic carbocycles. The molecule has 0 aliphatic heterocycles. The van der Waals surface area contributed by atoms with Gasteiger partial charge < -0.3 is 4.74 Å². The van der Waals surface area contributed by atoms with Gasteiger partial charge >= 0.3 is 0 Å². The fraction of sp³-hybridized carbons (Fsp3) is 0.520. The van der Waals surface area contributed by atoms with Crippen molar-refractivity contribution in [2.75, 3.05) is 12.4 Å². The lowest BCUT2D eigenvalue weighted by Crippen LogP contribution is -2.15. The molecule has 2 aromatic rings. The first kappa shape index (κ1) is 22.8. The number of benzene rings is 2. The zero-order valence-corrected chi connectivity index (χ0v) is 19.3. The largest absolute Gasteiger partial charge is 0.490 e. The van der Waals surface area contributed by atoms with E-state index in [-0.39, 0.29) is 22.8 Å². The van der Waals surface area contributed by atoms with Gasteiger partial charge in [0.05, 0.1) is 17.3 Å². The van der Waals surface area contributed by atoms with E-state index in [0.29, 0.717) is 23.8 Å². The van der Waals surface area contributed by atoms with Crippen LogP contribution >= 0.6 is 0 Å². The van der Waals surface area contributed by atoms with E-state index in [1.54, 1.807) is 24.3 Å². The van der Waals surface area contributed by atoms with Crippen molar-refractivity contribution in [2.24, 2.45) is 11.3 Å². The van der Waals surface area contributed by atoms with E-state index in [1.165, 1.54) is 6.07 Å². The second-order valence-corrected chi connectivity index (χ2v) is 11.7. The first-order chi connectivity index (χ1) is 14.1. The minimum absolute atomic E-state index is 0.00415. The van der Waals surface area contributed by atoms with Gasteiger partial charge in [-0.1, -0.05) is 45.9 Å². The molecule has 1 atom stereocenters. The van der Waals surface area contributed by atoms with Crippen molar-refractivity contribution in [3.8, 4) is 5.75 Å². The lowest BCUT2D eigenvalue weighted by molar-refractivity contribution is 0.285. The average Bonchev–Trinajstić information content (AvgIpc) is 3.49. The van der Waals surface area contributed by atoms with Gasteiger partial charge in [0.2, 0.25) is 0 Å². The number of ether oxygens (including phenoxy) is 1. The smallest absolute Gasteiger partial charge is 0.178 e. The van der Waals surface area contributed by atoms with Crippen LogP contribution in [0.2, 0.25) is 0 Å². The minimum Gasteiger partial charge on any atom is -0.490 e. The Kier molecular flexibility index (Phi) is 6.91. The van der Waals surface area contributed by atoms with E-state index >= 15 is 0 Å². The fourth-order valence-corrected chi connectivity index (χ4v) is 5.32. The minimum atomic E-state index is -3.45. The Hall–Kier alpha value is -1.88. The van der Waals surface area contributed by atoms with Crippen LogP contribution in [0.25, 0.3) is 0 Å². The summed E-state index contributed by atoms with van der Waals surface area (Å²) in [5.74, 6) is 0.133. The lowest BCUT2D eigenvalue weighted by atomic mass is 9.88. The van der Waals surface area contributed by atoms with Crippen LogP contribution in [0, 0.1) is 17.2 Å². The van der Waals surface area contributed by atoms with Gasteiger partial charge in [-0.15, -0.1) is 0 Å². The molecule has 3 rings (SSSR count). The molecule has 5 heteroatoms. The molecule has 0 amide bonds. The second kappa shape index (κ2) is 9.09. The molecular weight excluding hydrogens is 399 g/mol. The third-order valence-electron chi connectivity index (χ3n) is 5.53. The molecule has 1 aliphatic rings. The van der Waals surface area contributed by atoms with Crippen LogP contribution < -0.4 is 4.74 Å². The highest BCUT2D eigenvalue weighted by Gasteiger charge is 2.25. The van der Waals surface area contributed by atoms with Crippen molar-refractivity contribution in [1.29, 1.82) is 0 Å². The molecule has 0 unspecified atom stereocenters. The average molecular weight is 433 g/mol. The summed E-state index contributed by atoms with van der Waals surface area (Å²) in [7, 11) is -3.45. The summed E-state index contributed by atoms with van der Waals surface area (Å²) in [6.07, 6.45) is 3.80. The highest BCUT2D eigenvalue weighted by Crippen LogP contribution is 2.32. The molecule has 0 spiro atoms. The fourth-order valence-electron chi connectivity index (χ4n) is 3.61. The van der Waals surface area contributed by atoms with Crippen molar-refractivity contribution in [3.63, 3.8) is 0 Å². The Morgan fingerprint density at radius 3 is 2.33 bits per heavy atom. The van der Waals surface area contributed by atoms with E-state index in [2.05, 4.69) is 20.8 Å². The molecule has 1 fully saturated rings. The predicted molar refractivity (Wildman–Crippen MR) is 119 cm³/mol. The maximum absolute atomic E-state index is 14.1. The molecule has 1 aliphatic carbocycles. The quantitative estimate of drug-likeness (QED) is 0.476. The standard InChI is InChI=1S/C25H33FO3S/c1-5-20(21-10-13-23(26)24(14-21)29-16-19-6-7-19)17-30(27,28)22-11-8-18(9-12-22)15-25(2,3)4/h8-14,19-20H,5-7,15-17H2,1-4H3/t20-/m0/s1. The van der Waals surface area contributed by atoms with Gasteiger partial charge in [0.25, 0.3) is 0 Å². The van der Waals surface area contributed by atoms with Gasteiger partial charge in [-0.2, -0.15) is 0 Å². The molecule has 0 bridgehead atoms. The van der Waals surface area contributed by atoms with Crippen LogP contribution in [0.3, 0.4) is 0 Å². The topological polar surface area (TPSA) is 43.4 Å². The van der Waals surface area contributed by atoms with Crippen LogP contribution in [0.1, 0.15) is 64.0 Å². The van der Waals surface area contributed by atoms with Crippen molar-refractivity contribution in [3.05, 3.63) is 59.4 Å². The summed E-state index contributed by atoms with van der Waals surface area (Å²) in [5.41, 5.74) is 2.08. The molecule has 0 aromatic heterocycles. The molecule has 30 heavy (non-hydrogen) atoms. The Morgan fingerprint density at radius 1 is 1.10 bits per heavy atom. The maximum atomic E-state index is 14.1. The SMILES string of the molecule is CC[C@@H](CS(=O)(=O)c1ccc(CC(C)(C)C)cc1)c1ccc(F)c(OCC2CC2)c1. The Balaban J connectivity index is 1.74. The van der Waals surface area contributed by atoms with Gasteiger partial charge in [-0.05, 0) is 78.3 Å². The summed E-state index contributed by atoms with van der Waals surface area (Å²) >= 11 is 0. The van der Waals surface area contributed by atoms with E-state index in [9.17, 15) is 12.8 Å². The molecule has 0 N–H and O–H groups in total. The number of rotatable bonds is 9. The van der Waals surface area contributed by atoms with Crippen LogP contribution in [0.4, 0.5) is 4.39 Å². The Morgan fingerprint density at radius 2 is 1.77 bits per heavy atom. The molecule has 164 valence electrons. The third-order valence-corrected chi connectivity index (χ3v) is 7.36. The van der Waals surface area contributed by atoms with E-state index < -0.39 is 15.7 Å². The zero-order valence-electron chi connectivity index (χ0n) is 18.4. The number of hydrogen-bond acceptors (Lipinski definition) is 3. The van der Waals surface area contributed by atoms with Crippen molar-refractivity contribution in [1.82, 2.24) is 0 Å². The second-order valence-electron chi connectivity index (χ2n) is 9.71. The molecule has 0 radical (unpaired) electrons. The van der Waals surface area contributed by atoms with Crippen LogP contribution in [0.5, 0.6) is 5.75 Å². The van der Waals surface area contributed by atoms with Crippen molar-refractivity contribution >= 4 is 9.84 Å². The number of sulfone groups is 1. The predicted octanol–water partition coefficient (Wildman–Crippen LogP) is 6.17. The normalized spacial score (nSPS) is 15.8.